The van der Waals surface area contributed by atoms with Crippen LogP contribution < -0.4 is 0 Å². The van der Waals surface area contributed by atoms with Gasteiger partial charge >= 0.3 is 0 Å². The number of nitrogens with zero attached hydrogens (tertiary/aromatic N) is 8. The minimum absolute atomic E-state index is 0.250. The van der Waals surface area contributed by atoms with Gasteiger partial charge < -0.3 is 4.57 Å². The molecule has 0 aliphatic rings. The number of rotatable bonds is 5. The minimum Gasteiger partial charge on any atom is -0.309 e. The van der Waals surface area contributed by atoms with Crippen LogP contribution in [0.4, 0.5) is 0 Å². The Morgan fingerprint density at radius 3 is 1.29 bits per heavy atom. The van der Waals surface area contributed by atoms with Crippen LogP contribution in [0.2, 0.25) is 0 Å². The van der Waals surface area contributed by atoms with Gasteiger partial charge in [-0.25, -0.2) is 0 Å². The number of para-hydroxylation sites is 1. The molecule has 0 bridgehead atoms. The van der Waals surface area contributed by atoms with Crippen molar-refractivity contribution >= 4 is 21.8 Å². The van der Waals surface area contributed by atoms with Crippen molar-refractivity contribution in [3.05, 3.63) is 167 Å². The van der Waals surface area contributed by atoms with Crippen molar-refractivity contribution in [2.45, 2.75) is 0 Å². The summed E-state index contributed by atoms with van der Waals surface area (Å²) < 4.78 is 2.21. The molecule has 0 unspecified atom stereocenters. The molecule has 0 amide bonds. The third-order valence-corrected chi connectivity index (χ3v) is 9.68. The minimum atomic E-state index is 0.250. The first-order valence-corrected chi connectivity index (χ1v) is 17.0. The summed E-state index contributed by atoms with van der Waals surface area (Å²) in [5.74, 6) is 0. The summed E-state index contributed by atoms with van der Waals surface area (Å²) in [6.45, 7) is 0. The quantitative estimate of drug-likeness (QED) is 0.173. The van der Waals surface area contributed by atoms with Crippen molar-refractivity contribution in [3.8, 4) is 86.6 Å². The molecule has 0 fully saturated rings. The van der Waals surface area contributed by atoms with E-state index in [2.05, 4.69) is 64.2 Å². The molecular weight excluding hydrogens is 677 g/mol. The van der Waals surface area contributed by atoms with Gasteiger partial charge in [-0.15, -0.1) is 0 Å². The maximum absolute atomic E-state index is 9.90. The van der Waals surface area contributed by atoms with Gasteiger partial charge in [-0.05, 0) is 88.0 Å². The first-order valence-electron chi connectivity index (χ1n) is 17.0. The topological polar surface area (TPSA) is 161 Å². The van der Waals surface area contributed by atoms with Crippen LogP contribution in [0.5, 0.6) is 0 Å². The van der Waals surface area contributed by atoms with Crippen molar-refractivity contribution in [1.82, 2.24) is 9.55 Å². The predicted molar refractivity (Wildman–Crippen MR) is 209 cm³/mol. The zero-order valence-electron chi connectivity index (χ0n) is 28.8. The maximum Gasteiger partial charge on any atom is 0.0999 e. The second kappa shape index (κ2) is 13.7. The molecule has 6 aromatic carbocycles. The average Bonchev–Trinajstić information content (AvgIpc) is 3.59. The Morgan fingerprint density at radius 1 is 0.400 bits per heavy atom. The van der Waals surface area contributed by atoms with Crippen LogP contribution in [-0.2, 0) is 0 Å². The lowest BCUT2D eigenvalue weighted by molar-refractivity contribution is 1.18. The van der Waals surface area contributed by atoms with Gasteiger partial charge in [0.15, 0.2) is 0 Å². The Hall–Kier alpha value is -8.79. The molecule has 0 atom stereocenters. The van der Waals surface area contributed by atoms with E-state index in [4.69, 9.17) is 0 Å². The van der Waals surface area contributed by atoms with Crippen LogP contribution in [0.25, 0.3) is 72.0 Å². The van der Waals surface area contributed by atoms with E-state index < -0.39 is 0 Å². The van der Waals surface area contributed by atoms with Gasteiger partial charge in [0.2, 0.25) is 0 Å². The van der Waals surface area contributed by atoms with Crippen molar-refractivity contribution < 1.29 is 0 Å². The number of hydrogen-bond acceptors (Lipinski definition) is 7. The summed E-state index contributed by atoms with van der Waals surface area (Å²) in [5.41, 5.74) is 10.4. The van der Waals surface area contributed by atoms with E-state index >= 15 is 0 Å². The lowest BCUT2D eigenvalue weighted by atomic mass is 9.90. The second-order valence-electron chi connectivity index (χ2n) is 12.7. The fraction of sp³-hybridized carbons (Fsp3) is 0. The number of fused-ring (bicyclic) bond motifs is 3. The third-order valence-electron chi connectivity index (χ3n) is 9.68. The second-order valence-corrected chi connectivity index (χ2v) is 12.7. The van der Waals surface area contributed by atoms with Gasteiger partial charge in [0.05, 0.1) is 80.8 Å². The molecule has 0 aliphatic carbocycles. The molecule has 0 spiro atoms. The van der Waals surface area contributed by atoms with E-state index in [0.29, 0.717) is 22.3 Å². The first-order chi connectivity index (χ1) is 27.0. The molecule has 250 valence electrons. The average molecular weight is 699 g/mol. The molecule has 0 saturated carbocycles. The Bertz CT molecular complexity index is 2870. The molecule has 55 heavy (non-hydrogen) atoms. The Labute approximate surface area is 315 Å². The Morgan fingerprint density at radius 2 is 0.836 bits per heavy atom. The lowest BCUT2D eigenvalue weighted by Gasteiger charge is -2.15. The van der Waals surface area contributed by atoms with Crippen molar-refractivity contribution in [2.75, 3.05) is 0 Å². The van der Waals surface area contributed by atoms with Gasteiger partial charge in [-0.2, -0.15) is 31.6 Å². The normalized spacial score (nSPS) is 10.4. The summed E-state index contributed by atoms with van der Waals surface area (Å²) in [5, 5.41) is 60.6. The van der Waals surface area contributed by atoms with Crippen molar-refractivity contribution in [2.24, 2.45) is 0 Å². The van der Waals surface area contributed by atoms with Crippen molar-refractivity contribution in [3.63, 3.8) is 0 Å². The molecule has 0 saturated heterocycles. The number of hydrogen-bond donors (Lipinski definition) is 0. The standard InChI is InChI=1S/C47H22N8/c48-22-29-15-37(24-50)46(38(16-29)25-51)33-9-5-31(6-10-33)35-19-36(21-41(20-35)55-44-4-2-1-3-42(44)43-28-54-14-13-45(43)55)32-7-11-34(12-8-32)47-39(26-52)17-30(23-49)18-40(47)27-53/h1-21,28H. The molecule has 8 heteroatoms. The largest absolute Gasteiger partial charge is 0.309 e. The van der Waals surface area contributed by atoms with Crippen molar-refractivity contribution in [1.29, 1.82) is 31.6 Å². The predicted octanol–water partition coefficient (Wildman–Crippen LogP) is 10.1. The van der Waals surface area contributed by atoms with E-state index in [-0.39, 0.29) is 33.4 Å². The summed E-state index contributed by atoms with van der Waals surface area (Å²) in [7, 11) is 0. The number of benzene rings is 6. The summed E-state index contributed by atoms with van der Waals surface area (Å²) >= 11 is 0. The number of nitriles is 6. The summed E-state index contributed by atoms with van der Waals surface area (Å²) in [6.07, 6.45) is 3.65. The summed E-state index contributed by atoms with van der Waals surface area (Å²) in [6, 6.07) is 50.5. The highest BCUT2D eigenvalue weighted by molar-refractivity contribution is 6.09. The van der Waals surface area contributed by atoms with Crippen LogP contribution in [0.15, 0.2) is 134 Å². The highest BCUT2D eigenvalue weighted by Gasteiger charge is 2.18. The van der Waals surface area contributed by atoms with Gasteiger partial charge in [-0.3, -0.25) is 4.98 Å². The van der Waals surface area contributed by atoms with Crippen LogP contribution in [0.1, 0.15) is 33.4 Å². The van der Waals surface area contributed by atoms with E-state index in [1.54, 1.807) is 6.20 Å². The van der Waals surface area contributed by atoms with E-state index in [1.165, 1.54) is 24.3 Å². The van der Waals surface area contributed by atoms with Crippen LogP contribution in [-0.4, -0.2) is 9.55 Å². The fourth-order valence-corrected chi connectivity index (χ4v) is 7.21. The van der Waals surface area contributed by atoms with Gasteiger partial charge in [0, 0.05) is 40.0 Å². The molecule has 0 aliphatic heterocycles. The molecule has 0 radical (unpaired) electrons. The van der Waals surface area contributed by atoms with Gasteiger partial charge in [-0.1, -0.05) is 66.7 Å². The fourth-order valence-electron chi connectivity index (χ4n) is 7.21. The molecule has 0 N–H and O–H groups in total. The van der Waals surface area contributed by atoms with Crippen LogP contribution in [0.3, 0.4) is 0 Å². The molecule has 2 heterocycles. The number of aromatic nitrogens is 2. The zero-order chi connectivity index (χ0) is 38.1. The SMILES string of the molecule is N#Cc1cc(C#N)c(-c2ccc(-c3cc(-c4ccc(-c5c(C#N)cc(C#N)cc5C#N)cc4)cc(-n4c5ccccc5c5cnccc54)c3)cc2)c(C#N)c1. The number of pyridine rings is 1. The third kappa shape index (κ3) is 5.75. The van der Waals surface area contributed by atoms with Crippen LogP contribution >= 0.6 is 0 Å². The van der Waals surface area contributed by atoms with E-state index in [1.807, 2.05) is 85.1 Å². The monoisotopic (exact) mass is 698 g/mol. The highest BCUT2D eigenvalue weighted by atomic mass is 15.0. The molecule has 8 aromatic rings. The molecule has 8 nitrogen and oxygen atoms in total. The molecule has 2 aromatic heterocycles. The highest BCUT2D eigenvalue weighted by Crippen LogP contribution is 2.38. The van der Waals surface area contributed by atoms with E-state index in [9.17, 15) is 31.6 Å². The smallest absolute Gasteiger partial charge is 0.0999 e. The Balaban J connectivity index is 1.30. The van der Waals surface area contributed by atoms with Gasteiger partial charge in [0.1, 0.15) is 0 Å². The van der Waals surface area contributed by atoms with Gasteiger partial charge in [0.25, 0.3) is 0 Å². The summed E-state index contributed by atoms with van der Waals surface area (Å²) in [4.78, 5) is 4.41. The molecular formula is C47H22N8. The van der Waals surface area contributed by atoms with Crippen LogP contribution in [0, 0.1) is 68.0 Å². The Kier molecular flexibility index (Phi) is 8.33. The van der Waals surface area contributed by atoms with E-state index in [0.717, 1.165) is 49.7 Å². The maximum atomic E-state index is 9.90. The molecule has 8 rings (SSSR count). The first kappa shape index (κ1) is 33.4. The lowest BCUT2D eigenvalue weighted by Crippen LogP contribution is -1.96. The zero-order valence-corrected chi connectivity index (χ0v) is 28.8.